The van der Waals surface area contributed by atoms with E-state index in [0.29, 0.717) is 5.69 Å². The van der Waals surface area contributed by atoms with Crippen molar-refractivity contribution in [3.05, 3.63) is 42.3 Å². The van der Waals surface area contributed by atoms with E-state index in [4.69, 9.17) is 5.73 Å². The summed E-state index contributed by atoms with van der Waals surface area (Å²) in [5, 5.41) is 1.07. The van der Waals surface area contributed by atoms with Crippen LogP contribution in [0.1, 0.15) is 18.5 Å². The topological polar surface area (TPSA) is 54.7 Å². The second kappa shape index (κ2) is 3.52. The SMILES string of the molecule is Nc1cnc2[nH]c(C3=CC=CCC3)cc2c1. The van der Waals surface area contributed by atoms with E-state index in [9.17, 15) is 0 Å². The number of aromatic nitrogens is 2. The molecule has 0 amide bonds. The molecule has 0 unspecified atom stereocenters. The molecule has 3 rings (SSSR count). The number of anilines is 1. The Morgan fingerprint density at radius 1 is 1.31 bits per heavy atom. The molecule has 0 atom stereocenters. The molecular weight excluding hydrogens is 198 g/mol. The maximum absolute atomic E-state index is 5.71. The number of pyridine rings is 1. The van der Waals surface area contributed by atoms with Crippen molar-refractivity contribution in [3.63, 3.8) is 0 Å². The van der Waals surface area contributed by atoms with Gasteiger partial charge in [-0.25, -0.2) is 4.98 Å². The highest BCUT2D eigenvalue weighted by Gasteiger charge is 2.07. The number of hydrogen-bond donors (Lipinski definition) is 2. The molecule has 0 saturated heterocycles. The molecule has 3 heteroatoms. The van der Waals surface area contributed by atoms with Crippen molar-refractivity contribution in [2.75, 3.05) is 5.73 Å². The lowest BCUT2D eigenvalue weighted by Crippen LogP contribution is -1.87. The predicted octanol–water partition coefficient (Wildman–Crippen LogP) is 2.88. The summed E-state index contributed by atoms with van der Waals surface area (Å²) in [5.41, 5.74) is 9.80. The fourth-order valence-corrected chi connectivity index (χ4v) is 2.03. The number of aromatic amines is 1. The van der Waals surface area contributed by atoms with Crippen LogP contribution in [0.2, 0.25) is 0 Å². The highest BCUT2D eigenvalue weighted by atomic mass is 14.9. The number of allylic oxidation sites excluding steroid dienone is 4. The van der Waals surface area contributed by atoms with Crippen LogP contribution in [-0.2, 0) is 0 Å². The number of H-pyrrole nitrogens is 1. The molecule has 0 radical (unpaired) electrons. The number of nitrogens with zero attached hydrogens (tertiary/aromatic N) is 1. The summed E-state index contributed by atoms with van der Waals surface area (Å²) < 4.78 is 0. The van der Waals surface area contributed by atoms with E-state index in [0.717, 1.165) is 29.6 Å². The van der Waals surface area contributed by atoms with Crippen LogP contribution in [-0.4, -0.2) is 9.97 Å². The Morgan fingerprint density at radius 2 is 2.25 bits per heavy atom. The molecule has 80 valence electrons. The summed E-state index contributed by atoms with van der Waals surface area (Å²) in [7, 11) is 0. The normalized spacial score (nSPS) is 15.4. The fraction of sp³-hybridized carbons (Fsp3) is 0.154. The van der Waals surface area contributed by atoms with E-state index in [1.54, 1.807) is 6.20 Å². The van der Waals surface area contributed by atoms with Crippen LogP contribution >= 0.6 is 0 Å². The van der Waals surface area contributed by atoms with Crippen LogP contribution in [0, 0.1) is 0 Å². The monoisotopic (exact) mass is 211 g/mol. The molecule has 0 aliphatic heterocycles. The standard InChI is InChI=1S/C13H13N3/c14-11-6-10-7-12(16-13(10)15-8-11)9-4-2-1-3-5-9/h1-2,4,6-8H,3,5,14H2,(H,15,16). The van der Waals surface area contributed by atoms with Crippen LogP contribution in [0.5, 0.6) is 0 Å². The van der Waals surface area contributed by atoms with Gasteiger partial charge in [-0.1, -0.05) is 18.2 Å². The quantitative estimate of drug-likeness (QED) is 0.762. The molecule has 0 fully saturated rings. The van der Waals surface area contributed by atoms with E-state index in [2.05, 4.69) is 34.3 Å². The van der Waals surface area contributed by atoms with Gasteiger partial charge >= 0.3 is 0 Å². The van der Waals surface area contributed by atoms with Gasteiger partial charge in [-0.15, -0.1) is 0 Å². The molecule has 0 aromatic carbocycles. The molecule has 2 aromatic rings. The minimum Gasteiger partial charge on any atom is -0.397 e. The third-order valence-electron chi connectivity index (χ3n) is 2.85. The summed E-state index contributed by atoms with van der Waals surface area (Å²) in [6, 6.07) is 4.06. The predicted molar refractivity (Wildman–Crippen MR) is 66.9 cm³/mol. The Bertz CT molecular complexity index is 590. The second-order valence-corrected chi connectivity index (χ2v) is 4.05. The highest BCUT2D eigenvalue weighted by Crippen LogP contribution is 2.26. The lowest BCUT2D eigenvalue weighted by atomic mass is 10.0. The Morgan fingerprint density at radius 3 is 3.06 bits per heavy atom. The maximum Gasteiger partial charge on any atom is 0.137 e. The third kappa shape index (κ3) is 1.50. The van der Waals surface area contributed by atoms with E-state index in [-0.39, 0.29) is 0 Å². The summed E-state index contributed by atoms with van der Waals surface area (Å²) >= 11 is 0. The number of hydrogen-bond acceptors (Lipinski definition) is 2. The Hall–Kier alpha value is -2.03. The maximum atomic E-state index is 5.71. The van der Waals surface area contributed by atoms with Crippen molar-refractivity contribution in [3.8, 4) is 0 Å². The van der Waals surface area contributed by atoms with E-state index >= 15 is 0 Å². The first-order valence-electron chi connectivity index (χ1n) is 5.43. The molecule has 3 N–H and O–H groups in total. The minimum atomic E-state index is 0.704. The van der Waals surface area contributed by atoms with Crippen LogP contribution in [0.3, 0.4) is 0 Å². The van der Waals surface area contributed by atoms with Gasteiger partial charge in [-0.3, -0.25) is 0 Å². The first-order chi connectivity index (χ1) is 7.83. The first-order valence-corrected chi connectivity index (χ1v) is 5.43. The van der Waals surface area contributed by atoms with E-state index in [1.807, 2.05) is 6.07 Å². The van der Waals surface area contributed by atoms with Gasteiger partial charge in [-0.05, 0) is 30.5 Å². The van der Waals surface area contributed by atoms with Crippen molar-refractivity contribution in [1.82, 2.24) is 9.97 Å². The number of nitrogens with two attached hydrogens (primary N) is 1. The Balaban J connectivity index is 2.11. The van der Waals surface area contributed by atoms with Gasteiger partial charge in [0.15, 0.2) is 0 Å². The van der Waals surface area contributed by atoms with Gasteiger partial charge in [0.05, 0.1) is 11.9 Å². The molecule has 3 nitrogen and oxygen atoms in total. The van der Waals surface area contributed by atoms with Crippen molar-refractivity contribution in [2.24, 2.45) is 0 Å². The van der Waals surface area contributed by atoms with Gasteiger partial charge in [0.1, 0.15) is 5.65 Å². The lowest BCUT2D eigenvalue weighted by Gasteiger charge is -2.05. The summed E-state index contributed by atoms with van der Waals surface area (Å²) in [4.78, 5) is 7.59. The zero-order valence-electron chi connectivity index (χ0n) is 8.90. The zero-order valence-corrected chi connectivity index (χ0v) is 8.90. The first kappa shape index (κ1) is 9.21. The van der Waals surface area contributed by atoms with E-state index in [1.165, 1.54) is 5.57 Å². The molecule has 0 saturated carbocycles. The third-order valence-corrected chi connectivity index (χ3v) is 2.85. The highest BCUT2D eigenvalue weighted by molar-refractivity contribution is 5.84. The van der Waals surface area contributed by atoms with Gasteiger partial charge in [-0.2, -0.15) is 0 Å². The minimum absolute atomic E-state index is 0.704. The lowest BCUT2D eigenvalue weighted by molar-refractivity contribution is 1.04. The van der Waals surface area contributed by atoms with Gasteiger partial charge in [0.2, 0.25) is 0 Å². The smallest absolute Gasteiger partial charge is 0.137 e. The van der Waals surface area contributed by atoms with Gasteiger partial charge in [0, 0.05) is 11.1 Å². The van der Waals surface area contributed by atoms with Crippen molar-refractivity contribution < 1.29 is 0 Å². The number of nitrogens with one attached hydrogen (secondary N) is 1. The van der Waals surface area contributed by atoms with Crippen LogP contribution in [0.25, 0.3) is 16.6 Å². The molecule has 0 bridgehead atoms. The fourth-order valence-electron chi connectivity index (χ4n) is 2.03. The summed E-state index contributed by atoms with van der Waals surface area (Å²) in [6.45, 7) is 0. The van der Waals surface area contributed by atoms with Crippen molar-refractivity contribution >= 4 is 22.3 Å². The second-order valence-electron chi connectivity index (χ2n) is 4.05. The van der Waals surface area contributed by atoms with Crippen molar-refractivity contribution in [1.29, 1.82) is 0 Å². The molecule has 0 spiro atoms. The number of fused-ring (bicyclic) bond motifs is 1. The van der Waals surface area contributed by atoms with Crippen LogP contribution in [0.4, 0.5) is 5.69 Å². The van der Waals surface area contributed by atoms with Gasteiger partial charge in [0.25, 0.3) is 0 Å². The molecule has 16 heavy (non-hydrogen) atoms. The average molecular weight is 211 g/mol. The summed E-state index contributed by atoms with van der Waals surface area (Å²) in [5.74, 6) is 0. The van der Waals surface area contributed by atoms with E-state index < -0.39 is 0 Å². The van der Waals surface area contributed by atoms with Crippen molar-refractivity contribution in [2.45, 2.75) is 12.8 Å². The molecule has 2 aromatic heterocycles. The zero-order chi connectivity index (χ0) is 11.0. The number of nitrogen functional groups attached to an aromatic ring is 1. The summed E-state index contributed by atoms with van der Waals surface area (Å²) in [6.07, 6.45) is 10.3. The molecule has 2 heterocycles. The Labute approximate surface area is 93.7 Å². The largest absolute Gasteiger partial charge is 0.397 e. The number of rotatable bonds is 1. The Kier molecular flexibility index (Phi) is 2.03. The molecule has 1 aliphatic carbocycles. The van der Waals surface area contributed by atoms with Crippen LogP contribution < -0.4 is 5.73 Å². The molecular formula is C13H13N3. The van der Waals surface area contributed by atoms with Crippen LogP contribution in [0.15, 0.2) is 36.6 Å². The molecule has 1 aliphatic rings. The van der Waals surface area contributed by atoms with Gasteiger partial charge < -0.3 is 10.7 Å². The average Bonchev–Trinajstić information content (AvgIpc) is 2.73.